The molecule has 4 nitrogen and oxygen atoms in total. The lowest BCUT2D eigenvalue weighted by atomic mass is 9.93. The van der Waals surface area contributed by atoms with Crippen LogP contribution in [0.5, 0.6) is 0 Å². The Kier molecular flexibility index (Phi) is 4.87. The van der Waals surface area contributed by atoms with Crippen molar-refractivity contribution in [1.82, 2.24) is 9.88 Å². The Labute approximate surface area is 183 Å². The largest absolute Gasteiger partial charge is 0.324 e. The number of likely N-dealkylation sites (tertiary alicyclic amines) is 1. The predicted octanol–water partition coefficient (Wildman–Crippen LogP) is 5.21. The molecule has 0 spiro atoms. The van der Waals surface area contributed by atoms with Gasteiger partial charge in [-0.3, -0.25) is 4.90 Å². The Balaban J connectivity index is 1.62. The number of halogens is 2. The maximum absolute atomic E-state index is 14.4. The van der Waals surface area contributed by atoms with Gasteiger partial charge in [-0.15, -0.1) is 11.3 Å². The zero-order valence-corrected chi connectivity index (χ0v) is 17.8. The first-order valence-corrected chi connectivity index (χ1v) is 11.2. The van der Waals surface area contributed by atoms with E-state index in [1.807, 2.05) is 18.2 Å². The van der Waals surface area contributed by atoms with Gasteiger partial charge in [-0.1, -0.05) is 35.9 Å². The number of rotatable bonds is 4. The molecule has 1 aromatic heterocycles. The van der Waals surface area contributed by atoms with Crippen molar-refractivity contribution in [3.63, 3.8) is 0 Å². The molecule has 2 N–H and O–H groups in total. The maximum Gasteiger partial charge on any atom is 0.147 e. The third kappa shape index (κ3) is 3.32. The Hall–Kier alpha value is -2.30. The van der Waals surface area contributed by atoms with Crippen LogP contribution in [0.3, 0.4) is 0 Å². The van der Waals surface area contributed by atoms with E-state index in [1.54, 1.807) is 11.6 Å². The van der Waals surface area contributed by atoms with Crippen molar-refractivity contribution < 1.29 is 4.39 Å². The van der Waals surface area contributed by atoms with E-state index in [2.05, 4.69) is 16.0 Å². The van der Waals surface area contributed by atoms with E-state index in [0.29, 0.717) is 16.8 Å². The number of nitrogens with zero attached hydrogens (tertiary/aromatic N) is 3. The monoisotopic (exact) mass is 438 g/mol. The summed E-state index contributed by atoms with van der Waals surface area (Å²) in [7, 11) is 0. The molecule has 0 unspecified atom stereocenters. The number of nitriles is 1. The number of hydrogen-bond donors (Lipinski definition) is 1. The molecule has 1 aliphatic carbocycles. The molecule has 1 saturated carbocycles. The number of piperidine rings is 1. The fourth-order valence-corrected chi connectivity index (χ4v) is 6.04. The summed E-state index contributed by atoms with van der Waals surface area (Å²) in [5.41, 5.74) is 11.9. The summed E-state index contributed by atoms with van der Waals surface area (Å²) in [4.78, 5) is 7.56. The number of nitrogens with two attached hydrogens (primary N) is 1. The second-order valence-electron chi connectivity index (χ2n) is 8.28. The maximum atomic E-state index is 14.4. The molecule has 1 aliphatic heterocycles. The van der Waals surface area contributed by atoms with E-state index in [9.17, 15) is 4.39 Å². The lowest BCUT2D eigenvalue weighted by molar-refractivity contribution is 0.196. The van der Waals surface area contributed by atoms with Crippen LogP contribution in [0.25, 0.3) is 21.6 Å². The van der Waals surface area contributed by atoms with Gasteiger partial charge in [-0.2, -0.15) is 5.26 Å². The van der Waals surface area contributed by atoms with Crippen molar-refractivity contribution in [2.75, 3.05) is 6.54 Å². The van der Waals surface area contributed by atoms with E-state index >= 15 is 0 Å². The third-order valence-electron chi connectivity index (χ3n) is 6.33. The van der Waals surface area contributed by atoms with Crippen LogP contribution in [0.4, 0.5) is 4.39 Å². The van der Waals surface area contributed by atoms with Crippen LogP contribution in [-0.2, 0) is 6.54 Å². The van der Waals surface area contributed by atoms with Gasteiger partial charge >= 0.3 is 0 Å². The lowest BCUT2D eigenvalue weighted by Gasteiger charge is -2.31. The van der Waals surface area contributed by atoms with Gasteiger partial charge in [-0.05, 0) is 48.1 Å². The van der Waals surface area contributed by atoms with Gasteiger partial charge in [0.05, 0.1) is 16.0 Å². The topological polar surface area (TPSA) is 65.9 Å². The minimum Gasteiger partial charge on any atom is -0.324 e. The molecule has 1 saturated heterocycles. The van der Waals surface area contributed by atoms with Crippen molar-refractivity contribution in [2.24, 2.45) is 5.73 Å². The van der Waals surface area contributed by atoms with Crippen LogP contribution in [0, 0.1) is 17.1 Å². The minimum absolute atomic E-state index is 0.0358. The SMILES string of the molecule is N#Cc1ccc(-c2cccc(CN3C[C@]4(N)CC[C@H]3C4)c2-c2scnc2Cl)cc1F. The molecule has 0 radical (unpaired) electrons. The average molecular weight is 439 g/mol. The van der Waals surface area contributed by atoms with Gasteiger partial charge in [-0.25, -0.2) is 9.37 Å². The summed E-state index contributed by atoms with van der Waals surface area (Å²) in [6, 6.07) is 13.2. The quantitative estimate of drug-likeness (QED) is 0.607. The fourth-order valence-electron chi connectivity index (χ4n) is 4.93. The van der Waals surface area contributed by atoms with Gasteiger partial charge in [0.1, 0.15) is 17.0 Å². The van der Waals surface area contributed by atoms with Gasteiger partial charge in [0, 0.05) is 30.2 Å². The Morgan fingerprint density at radius 1 is 1.37 bits per heavy atom. The van der Waals surface area contributed by atoms with Gasteiger partial charge < -0.3 is 5.73 Å². The van der Waals surface area contributed by atoms with Crippen molar-refractivity contribution in [1.29, 1.82) is 5.26 Å². The zero-order chi connectivity index (χ0) is 20.9. The summed E-state index contributed by atoms with van der Waals surface area (Å²) >= 11 is 7.91. The smallest absolute Gasteiger partial charge is 0.147 e. The average Bonchev–Trinajstić information content (AvgIpc) is 3.41. The first kappa shape index (κ1) is 19.7. The van der Waals surface area contributed by atoms with E-state index < -0.39 is 5.82 Å². The summed E-state index contributed by atoms with van der Waals surface area (Å²) in [5.74, 6) is -0.524. The second kappa shape index (κ2) is 7.44. The number of hydrogen-bond acceptors (Lipinski definition) is 5. The molecule has 2 atom stereocenters. The molecular formula is C23H20ClFN4S. The first-order valence-electron chi connectivity index (χ1n) is 9.92. The van der Waals surface area contributed by atoms with Gasteiger partial charge in [0.25, 0.3) is 0 Å². The Morgan fingerprint density at radius 2 is 2.23 bits per heavy atom. The molecule has 0 amide bonds. The highest BCUT2D eigenvalue weighted by Gasteiger charge is 2.46. The highest BCUT2D eigenvalue weighted by Crippen LogP contribution is 2.44. The Bertz CT molecular complexity index is 1170. The molecule has 2 bridgehead atoms. The molecule has 7 heteroatoms. The number of benzene rings is 2. The van der Waals surface area contributed by atoms with Crippen molar-refractivity contribution in [3.8, 4) is 27.6 Å². The Morgan fingerprint density at radius 3 is 2.87 bits per heavy atom. The van der Waals surface area contributed by atoms with E-state index in [1.165, 1.54) is 23.5 Å². The van der Waals surface area contributed by atoms with E-state index in [-0.39, 0.29) is 11.1 Å². The fraction of sp³-hybridized carbons (Fsp3) is 0.304. The van der Waals surface area contributed by atoms with Crippen LogP contribution in [0.15, 0.2) is 41.9 Å². The molecule has 2 heterocycles. The molecule has 2 aromatic carbocycles. The van der Waals surface area contributed by atoms with Crippen molar-refractivity contribution in [3.05, 3.63) is 64.0 Å². The highest BCUT2D eigenvalue weighted by atomic mass is 35.5. The van der Waals surface area contributed by atoms with Crippen LogP contribution in [-0.4, -0.2) is 28.0 Å². The molecule has 152 valence electrons. The van der Waals surface area contributed by atoms with Gasteiger partial charge in [0.15, 0.2) is 0 Å². The molecule has 2 aliphatic rings. The van der Waals surface area contributed by atoms with Crippen LogP contribution >= 0.6 is 22.9 Å². The summed E-state index contributed by atoms with van der Waals surface area (Å²) in [5, 5.41) is 9.51. The standard InChI is InChI=1S/C23H20ClFN4S/c24-22-21(30-13-28-22)20-16(11-29-12-23(27)7-6-17(29)9-23)2-1-3-18(20)14-4-5-15(10-26)19(25)8-14/h1-5,8,13,17H,6-7,9,11-12,27H2/t17-,23-/m0/s1. The molecule has 5 rings (SSSR count). The summed E-state index contributed by atoms with van der Waals surface area (Å²) < 4.78 is 14.4. The molecule has 3 aromatic rings. The highest BCUT2D eigenvalue weighted by molar-refractivity contribution is 7.14. The molecule has 2 fully saturated rings. The third-order valence-corrected chi connectivity index (χ3v) is 7.57. The normalized spacial score (nSPS) is 23.1. The number of aromatic nitrogens is 1. The van der Waals surface area contributed by atoms with Crippen LogP contribution in [0.1, 0.15) is 30.4 Å². The van der Waals surface area contributed by atoms with Crippen LogP contribution < -0.4 is 5.73 Å². The van der Waals surface area contributed by atoms with Crippen molar-refractivity contribution in [2.45, 2.75) is 37.4 Å². The first-order chi connectivity index (χ1) is 14.5. The summed E-state index contributed by atoms with van der Waals surface area (Å²) in [6.07, 6.45) is 3.27. The molecule has 30 heavy (non-hydrogen) atoms. The van der Waals surface area contributed by atoms with Crippen LogP contribution in [0.2, 0.25) is 5.15 Å². The molecular weight excluding hydrogens is 419 g/mol. The predicted molar refractivity (Wildman–Crippen MR) is 118 cm³/mol. The zero-order valence-electron chi connectivity index (χ0n) is 16.2. The van der Waals surface area contributed by atoms with E-state index in [0.717, 1.165) is 53.9 Å². The summed E-state index contributed by atoms with van der Waals surface area (Å²) in [6.45, 7) is 1.66. The van der Waals surface area contributed by atoms with Gasteiger partial charge in [0.2, 0.25) is 0 Å². The number of fused-ring (bicyclic) bond motifs is 2. The lowest BCUT2D eigenvalue weighted by Crippen LogP contribution is -2.44. The van der Waals surface area contributed by atoms with Crippen molar-refractivity contribution >= 4 is 22.9 Å². The minimum atomic E-state index is -0.524. The number of thiazole rings is 1. The second-order valence-corrected chi connectivity index (χ2v) is 9.50. The van der Waals surface area contributed by atoms with E-state index in [4.69, 9.17) is 22.6 Å².